The van der Waals surface area contributed by atoms with E-state index in [0.717, 1.165) is 44.2 Å². The molecule has 0 bridgehead atoms. The lowest BCUT2D eigenvalue weighted by atomic mass is 9.99. The summed E-state index contributed by atoms with van der Waals surface area (Å²) >= 11 is 0. The third-order valence-electron chi connectivity index (χ3n) is 5.88. The highest BCUT2D eigenvalue weighted by molar-refractivity contribution is 7.89. The van der Waals surface area contributed by atoms with E-state index in [-0.39, 0.29) is 28.9 Å². The molecule has 2 aliphatic heterocycles. The Kier molecular flexibility index (Phi) is 6.23. The van der Waals surface area contributed by atoms with Gasteiger partial charge in [-0.1, -0.05) is 12.5 Å². The van der Waals surface area contributed by atoms with E-state index in [4.69, 9.17) is 0 Å². The van der Waals surface area contributed by atoms with Crippen LogP contribution in [0.5, 0.6) is 0 Å². The maximum atomic E-state index is 13.1. The quantitative estimate of drug-likeness (QED) is 0.824. The third kappa shape index (κ3) is 4.36. The van der Waals surface area contributed by atoms with Crippen molar-refractivity contribution in [2.75, 3.05) is 13.1 Å². The topological polar surface area (TPSA) is 78.5 Å². The molecule has 2 N–H and O–H groups in total. The fourth-order valence-electron chi connectivity index (χ4n) is 4.06. The Hall–Kier alpha value is -1.44. The second-order valence-corrected chi connectivity index (χ2v) is 9.79. The molecule has 3 atom stereocenters. The molecule has 150 valence electrons. The van der Waals surface area contributed by atoms with Gasteiger partial charge in [-0.15, -0.1) is 0 Å². The van der Waals surface area contributed by atoms with Crippen molar-refractivity contribution < 1.29 is 13.2 Å². The Morgan fingerprint density at radius 3 is 2.67 bits per heavy atom. The minimum absolute atomic E-state index is 0.00325. The van der Waals surface area contributed by atoms with E-state index < -0.39 is 10.0 Å². The molecule has 2 heterocycles. The van der Waals surface area contributed by atoms with E-state index in [1.165, 1.54) is 0 Å². The summed E-state index contributed by atoms with van der Waals surface area (Å²) in [7, 11) is -3.59. The van der Waals surface area contributed by atoms with Crippen molar-refractivity contribution in [1.82, 2.24) is 14.9 Å². The standard InChI is InChI=1S/C20H31N3O3S/c1-14-9-10-17(27(25,26)23-12-5-4-7-15(23)2)13-18(14)20(24)22-19-8-6-11-21-16(19)3/h9-10,13,15-16,19,21H,4-8,11-12H2,1-3H3,(H,22,24). The zero-order valence-electron chi connectivity index (χ0n) is 16.5. The number of benzene rings is 1. The van der Waals surface area contributed by atoms with E-state index in [1.54, 1.807) is 22.5 Å². The van der Waals surface area contributed by atoms with Gasteiger partial charge >= 0.3 is 0 Å². The molecule has 3 rings (SSSR count). The molecule has 3 unspecified atom stereocenters. The van der Waals surface area contributed by atoms with E-state index in [0.29, 0.717) is 12.1 Å². The van der Waals surface area contributed by atoms with Crippen LogP contribution in [0.1, 0.15) is 61.9 Å². The molecule has 2 saturated heterocycles. The van der Waals surface area contributed by atoms with Gasteiger partial charge in [0, 0.05) is 30.2 Å². The summed E-state index contributed by atoms with van der Waals surface area (Å²) in [5.74, 6) is -0.197. The molecule has 0 aliphatic carbocycles. The highest BCUT2D eigenvalue weighted by atomic mass is 32.2. The highest BCUT2D eigenvalue weighted by Crippen LogP contribution is 2.26. The van der Waals surface area contributed by atoms with E-state index in [1.807, 2.05) is 13.8 Å². The van der Waals surface area contributed by atoms with Crippen molar-refractivity contribution in [2.24, 2.45) is 0 Å². The van der Waals surface area contributed by atoms with Crippen molar-refractivity contribution in [2.45, 2.75) is 75.9 Å². The van der Waals surface area contributed by atoms with Gasteiger partial charge in [-0.2, -0.15) is 4.31 Å². The van der Waals surface area contributed by atoms with E-state index in [9.17, 15) is 13.2 Å². The fraction of sp³-hybridized carbons (Fsp3) is 0.650. The van der Waals surface area contributed by atoms with E-state index in [2.05, 4.69) is 17.6 Å². The molecule has 27 heavy (non-hydrogen) atoms. The van der Waals surface area contributed by atoms with Crippen LogP contribution in [-0.2, 0) is 10.0 Å². The normalized spacial score (nSPS) is 27.3. The number of aryl methyl sites for hydroxylation is 1. The summed E-state index contributed by atoms with van der Waals surface area (Å²) in [5.41, 5.74) is 1.23. The predicted octanol–water partition coefficient (Wildman–Crippen LogP) is 2.43. The monoisotopic (exact) mass is 393 g/mol. The molecule has 2 fully saturated rings. The van der Waals surface area contributed by atoms with Crippen LogP contribution in [0.15, 0.2) is 23.1 Å². The number of hydrogen-bond acceptors (Lipinski definition) is 4. The van der Waals surface area contributed by atoms with Gasteiger partial charge in [0.05, 0.1) is 4.90 Å². The third-order valence-corrected chi connectivity index (χ3v) is 7.89. The van der Waals surface area contributed by atoms with Crippen LogP contribution in [0.3, 0.4) is 0 Å². The van der Waals surface area contributed by atoms with Gasteiger partial charge in [0.1, 0.15) is 0 Å². The Bertz CT molecular complexity index is 794. The average Bonchev–Trinajstić information content (AvgIpc) is 2.64. The first-order chi connectivity index (χ1) is 12.8. The number of nitrogens with one attached hydrogen (secondary N) is 2. The first kappa shape index (κ1) is 20.3. The lowest BCUT2D eigenvalue weighted by molar-refractivity contribution is 0.0919. The SMILES string of the molecule is Cc1ccc(S(=O)(=O)N2CCCCC2C)cc1C(=O)NC1CCCNC1C. The number of hydrogen-bond donors (Lipinski definition) is 2. The van der Waals surface area contributed by atoms with Crippen LogP contribution in [0.2, 0.25) is 0 Å². The largest absolute Gasteiger partial charge is 0.348 e. The second-order valence-electron chi connectivity index (χ2n) is 7.90. The van der Waals surface area contributed by atoms with Gasteiger partial charge in [0.2, 0.25) is 10.0 Å². The van der Waals surface area contributed by atoms with Gasteiger partial charge in [-0.3, -0.25) is 4.79 Å². The summed E-state index contributed by atoms with van der Waals surface area (Å²) in [6, 6.07) is 5.17. The zero-order valence-corrected chi connectivity index (χ0v) is 17.3. The maximum absolute atomic E-state index is 13.1. The summed E-state index contributed by atoms with van der Waals surface area (Å²) in [6.07, 6.45) is 4.78. The summed E-state index contributed by atoms with van der Waals surface area (Å²) < 4.78 is 27.8. The van der Waals surface area contributed by atoms with Crippen molar-refractivity contribution >= 4 is 15.9 Å². The minimum Gasteiger partial charge on any atom is -0.348 e. The molecular weight excluding hydrogens is 362 g/mol. The number of carbonyl (C=O) groups is 1. The Morgan fingerprint density at radius 2 is 1.96 bits per heavy atom. The summed E-state index contributed by atoms with van der Waals surface area (Å²) in [4.78, 5) is 13.1. The molecule has 2 aliphatic rings. The average molecular weight is 394 g/mol. The van der Waals surface area contributed by atoms with Crippen LogP contribution in [-0.4, -0.2) is 49.8 Å². The second kappa shape index (κ2) is 8.29. The zero-order chi connectivity index (χ0) is 19.6. The Morgan fingerprint density at radius 1 is 1.19 bits per heavy atom. The Labute approximate surface area is 162 Å². The van der Waals surface area contributed by atoms with Crippen LogP contribution >= 0.6 is 0 Å². The smallest absolute Gasteiger partial charge is 0.251 e. The molecule has 1 aromatic carbocycles. The molecule has 1 aromatic rings. The highest BCUT2D eigenvalue weighted by Gasteiger charge is 2.32. The van der Waals surface area contributed by atoms with Gasteiger partial charge in [0.15, 0.2) is 0 Å². The van der Waals surface area contributed by atoms with Crippen LogP contribution < -0.4 is 10.6 Å². The van der Waals surface area contributed by atoms with Crippen LogP contribution in [0.25, 0.3) is 0 Å². The molecular formula is C20H31N3O3S. The van der Waals surface area contributed by atoms with Crippen molar-refractivity contribution in [3.8, 4) is 0 Å². The lowest BCUT2D eigenvalue weighted by Crippen LogP contribution is -2.52. The lowest BCUT2D eigenvalue weighted by Gasteiger charge is -2.32. The molecule has 6 nitrogen and oxygen atoms in total. The summed E-state index contributed by atoms with van der Waals surface area (Å²) in [6.45, 7) is 7.38. The first-order valence-corrected chi connectivity index (χ1v) is 11.4. The van der Waals surface area contributed by atoms with Gasteiger partial charge in [0.25, 0.3) is 5.91 Å². The molecule has 0 spiro atoms. The Balaban J connectivity index is 1.84. The maximum Gasteiger partial charge on any atom is 0.251 e. The van der Waals surface area contributed by atoms with Crippen molar-refractivity contribution in [3.63, 3.8) is 0 Å². The number of nitrogens with zero attached hydrogens (tertiary/aromatic N) is 1. The van der Waals surface area contributed by atoms with E-state index >= 15 is 0 Å². The van der Waals surface area contributed by atoms with Crippen molar-refractivity contribution in [1.29, 1.82) is 0 Å². The van der Waals surface area contributed by atoms with Gasteiger partial charge in [-0.25, -0.2) is 8.42 Å². The van der Waals surface area contributed by atoms with Crippen molar-refractivity contribution in [3.05, 3.63) is 29.3 Å². The number of rotatable bonds is 4. The first-order valence-electron chi connectivity index (χ1n) is 9.97. The van der Waals surface area contributed by atoms with Gasteiger partial charge in [-0.05, 0) is 70.7 Å². The molecule has 7 heteroatoms. The molecule has 0 aromatic heterocycles. The molecule has 0 saturated carbocycles. The number of carbonyl (C=O) groups excluding carboxylic acids is 1. The minimum atomic E-state index is -3.59. The summed E-state index contributed by atoms with van der Waals surface area (Å²) in [5, 5.41) is 6.45. The van der Waals surface area contributed by atoms with Crippen LogP contribution in [0.4, 0.5) is 0 Å². The fourth-order valence-corrected chi connectivity index (χ4v) is 5.78. The molecule has 1 amide bonds. The number of piperidine rings is 2. The predicted molar refractivity (Wildman–Crippen MR) is 106 cm³/mol. The molecule has 0 radical (unpaired) electrons. The van der Waals surface area contributed by atoms with Gasteiger partial charge < -0.3 is 10.6 Å². The number of sulfonamides is 1. The number of amides is 1. The van der Waals surface area contributed by atoms with Crippen LogP contribution in [0, 0.1) is 6.92 Å².